The summed E-state index contributed by atoms with van der Waals surface area (Å²) in [5.41, 5.74) is 5.82. The van der Waals surface area contributed by atoms with E-state index in [0.717, 1.165) is 0 Å². The van der Waals surface area contributed by atoms with Crippen molar-refractivity contribution in [1.29, 1.82) is 0 Å². The lowest BCUT2D eigenvalue weighted by atomic mass is 10.3. The molecule has 0 saturated heterocycles. The fourth-order valence-corrected chi connectivity index (χ4v) is 0.748. The van der Waals surface area contributed by atoms with Gasteiger partial charge in [-0.2, -0.15) is 13.2 Å². The van der Waals surface area contributed by atoms with Gasteiger partial charge in [0.25, 0.3) is 0 Å². The molecule has 3 N–H and O–H groups in total. The standard InChI is InChI=1S/C7H8F3N3/c8-7(9,10)4-13-6-3-12-2-1-5(6)11/h1-3,13H,4H2,(H2,11,12). The molecule has 0 unspecified atom stereocenters. The molecule has 1 rings (SSSR count). The second kappa shape index (κ2) is 3.51. The first-order chi connectivity index (χ1) is 5.99. The Morgan fingerprint density at radius 3 is 2.69 bits per heavy atom. The van der Waals surface area contributed by atoms with Crippen molar-refractivity contribution in [2.75, 3.05) is 17.6 Å². The minimum atomic E-state index is -4.25. The van der Waals surface area contributed by atoms with Crippen LogP contribution in [0.2, 0.25) is 0 Å². The normalized spacial score (nSPS) is 11.3. The van der Waals surface area contributed by atoms with E-state index in [-0.39, 0.29) is 11.4 Å². The van der Waals surface area contributed by atoms with Crippen LogP contribution < -0.4 is 11.1 Å². The Labute approximate surface area is 72.8 Å². The maximum absolute atomic E-state index is 11.7. The highest BCUT2D eigenvalue weighted by Crippen LogP contribution is 2.19. The van der Waals surface area contributed by atoms with Crippen LogP contribution in [0, 0.1) is 0 Å². The van der Waals surface area contributed by atoms with Gasteiger partial charge in [-0.3, -0.25) is 4.98 Å². The second-order valence-corrected chi connectivity index (χ2v) is 2.43. The van der Waals surface area contributed by atoms with E-state index in [1.54, 1.807) is 0 Å². The molecule has 0 spiro atoms. The Balaban J connectivity index is 2.60. The SMILES string of the molecule is Nc1ccncc1NCC(F)(F)F. The zero-order valence-electron chi connectivity index (χ0n) is 6.60. The van der Waals surface area contributed by atoms with Crippen molar-refractivity contribution in [1.82, 2.24) is 4.98 Å². The average molecular weight is 191 g/mol. The summed E-state index contributed by atoms with van der Waals surface area (Å²) in [6.07, 6.45) is -1.59. The van der Waals surface area contributed by atoms with Gasteiger partial charge in [0.15, 0.2) is 0 Å². The molecule has 13 heavy (non-hydrogen) atoms. The van der Waals surface area contributed by atoms with E-state index in [1.165, 1.54) is 18.5 Å². The van der Waals surface area contributed by atoms with Crippen molar-refractivity contribution >= 4 is 11.4 Å². The Hall–Kier alpha value is -1.46. The lowest BCUT2D eigenvalue weighted by Crippen LogP contribution is -2.21. The van der Waals surface area contributed by atoms with Crippen LogP contribution in [0.5, 0.6) is 0 Å². The van der Waals surface area contributed by atoms with E-state index in [2.05, 4.69) is 10.3 Å². The summed E-state index contributed by atoms with van der Waals surface area (Å²) in [4.78, 5) is 3.64. The lowest BCUT2D eigenvalue weighted by molar-refractivity contribution is -0.115. The van der Waals surface area contributed by atoms with Crippen LogP contribution in [0.15, 0.2) is 18.5 Å². The summed E-state index contributed by atoms with van der Waals surface area (Å²) in [6, 6.07) is 1.43. The van der Waals surface area contributed by atoms with Gasteiger partial charge in [-0.1, -0.05) is 0 Å². The number of nitrogens with one attached hydrogen (secondary N) is 1. The number of halogens is 3. The average Bonchev–Trinajstić information content (AvgIpc) is 2.01. The first-order valence-corrected chi connectivity index (χ1v) is 3.49. The number of nitrogens with two attached hydrogens (primary N) is 1. The molecule has 1 aromatic heterocycles. The van der Waals surface area contributed by atoms with Gasteiger partial charge in [0.05, 0.1) is 17.6 Å². The quantitative estimate of drug-likeness (QED) is 0.747. The highest BCUT2D eigenvalue weighted by molar-refractivity contribution is 5.64. The monoisotopic (exact) mass is 191 g/mol. The van der Waals surface area contributed by atoms with Gasteiger partial charge >= 0.3 is 6.18 Å². The Kier molecular flexibility index (Phi) is 2.60. The zero-order valence-corrected chi connectivity index (χ0v) is 6.60. The van der Waals surface area contributed by atoms with E-state index in [0.29, 0.717) is 0 Å². The number of nitrogen functional groups attached to an aromatic ring is 1. The van der Waals surface area contributed by atoms with Crippen LogP contribution in [-0.4, -0.2) is 17.7 Å². The van der Waals surface area contributed by atoms with E-state index in [1.807, 2.05) is 0 Å². The molecular formula is C7H8F3N3. The van der Waals surface area contributed by atoms with Crippen LogP contribution in [0.25, 0.3) is 0 Å². The molecule has 0 radical (unpaired) electrons. The number of alkyl halides is 3. The molecule has 3 nitrogen and oxygen atoms in total. The minimum absolute atomic E-state index is 0.194. The van der Waals surface area contributed by atoms with Crippen molar-refractivity contribution in [3.63, 3.8) is 0 Å². The summed E-state index contributed by atoms with van der Waals surface area (Å²) in [6.45, 7) is -1.11. The largest absolute Gasteiger partial charge is 0.405 e. The Morgan fingerprint density at radius 2 is 2.15 bits per heavy atom. The molecule has 1 aromatic rings. The maximum atomic E-state index is 11.7. The third kappa shape index (κ3) is 3.18. The first-order valence-electron chi connectivity index (χ1n) is 3.49. The number of pyridine rings is 1. The zero-order chi connectivity index (χ0) is 9.90. The second-order valence-electron chi connectivity index (χ2n) is 2.43. The fourth-order valence-electron chi connectivity index (χ4n) is 0.748. The first kappa shape index (κ1) is 9.63. The molecular weight excluding hydrogens is 183 g/mol. The number of hydrogen-bond donors (Lipinski definition) is 2. The van der Waals surface area contributed by atoms with E-state index in [9.17, 15) is 13.2 Å². The van der Waals surface area contributed by atoms with E-state index in [4.69, 9.17) is 5.73 Å². The molecule has 1 heterocycles. The highest BCUT2D eigenvalue weighted by atomic mass is 19.4. The predicted octanol–water partition coefficient (Wildman–Crippen LogP) is 1.64. The van der Waals surface area contributed by atoms with E-state index < -0.39 is 12.7 Å². The lowest BCUT2D eigenvalue weighted by Gasteiger charge is -2.10. The van der Waals surface area contributed by atoms with Gasteiger partial charge in [0.1, 0.15) is 6.54 Å². The van der Waals surface area contributed by atoms with Crippen molar-refractivity contribution in [3.05, 3.63) is 18.5 Å². The molecule has 0 aliphatic rings. The number of anilines is 2. The fraction of sp³-hybridized carbons (Fsp3) is 0.286. The van der Waals surface area contributed by atoms with Gasteiger partial charge in [-0.15, -0.1) is 0 Å². The molecule has 0 bridgehead atoms. The Morgan fingerprint density at radius 1 is 1.46 bits per heavy atom. The molecule has 0 atom stereocenters. The van der Waals surface area contributed by atoms with Gasteiger partial charge in [0, 0.05) is 6.20 Å². The van der Waals surface area contributed by atoms with Crippen molar-refractivity contribution in [2.45, 2.75) is 6.18 Å². The minimum Gasteiger partial charge on any atom is -0.397 e. The molecule has 0 aromatic carbocycles. The molecule has 0 aliphatic heterocycles. The van der Waals surface area contributed by atoms with Crippen LogP contribution in [-0.2, 0) is 0 Å². The van der Waals surface area contributed by atoms with Crippen LogP contribution in [0.1, 0.15) is 0 Å². The summed E-state index contributed by atoms with van der Waals surface area (Å²) >= 11 is 0. The summed E-state index contributed by atoms with van der Waals surface area (Å²) in [5, 5.41) is 2.14. The van der Waals surface area contributed by atoms with Gasteiger partial charge in [-0.05, 0) is 6.07 Å². The van der Waals surface area contributed by atoms with Gasteiger partial charge < -0.3 is 11.1 Å². The molecule has 0 saturated carbocycles. The van der Waals surface area contributed by atoms with Crippen molar-refractivity contribution < 1.29 is 13.2 Å². The van der Waals surface area contributed by atoms with Gasteiger partial charge in [-0.25, -0.2) is 0 Å². The molecule has 0 amide bonds. The molecule has 0 fully saturated rings. The van der Waals surface area contributed by atoms with Gasteiger partial charge in [0.2, 0.25) is 0 Å². The third-order valence-corrected chi connectivity index (χ3v) is 1.33. The predicted molar refractivity (Wildman–Crippen MR) is 43.2 cm³/mol. The summed E-state index contributed by atoms with van der Waals surface area (Å²) in [7, 11) is 0. The smallest absolute Gasteiger partial charge is 0.397 e. The molecule has 0 aliphatic carbocycles. The molecule has 6 heteroatoms. The third-order valence-electron chi connectivity index (χ3n) is 1.33. The number of hydrogen-bond acceptors (Lipinski definition) is 3. The van der Waals surface area contributed by atoms with Crippen molar-refractivity contribution in [3.8, 4) is 0 Å². The number of nitrogens with zero attached hydrogens (tertiary/aromatic N) is 1. The van der Waals surface area contributed by atoms with E-state index >= 15 is 0 Å². The maximum Gasteiger partial charge on any atom is 0.405 e. The molecule has 72 valence electrons. The van der Waals surface area contributed by atoms with Crippen LogP contribution >= 0.6 is 0 Å². The van der Waals surface area contributed by atoms with Crippen LogP contribution in [0.3, 0.4) is 0 Å². The number of aromatic nitrogens is 1. The topological polar surface area (TPSA) is 50.9 Å². The Bertz CT molecular complexity index is 285. The van der Waals surface area contributed by atoms with Crippen LogP contribution in [0.4, 0.5) is 24.5 Å². The highest BCUT2D eigenvalue weighted by Gasteiger charge is 2.26. The number of rotatable bonds is 2. The summed E-state index contributed by atoms with van der Waals surface area (Å²) in [5.74, 6) is 0. The van der Waals surface area contributed by atoms with Crippen molar-refractivity contribution in [2.24, 2.45) is 0 Å². The summed E-state index contributed by atoms with van der Waals surface area (Å²) < 4.78 is 35.2.